The molecule has 0 amide bonds. The Kier molecular flexibility index (Phi) is 3.77. The van der Waals surface area contributed by atoms with Gasteiger partial charge in [-0.25, -0.2) is 0 Å². The van der Waals surface area contributed by atoms with Crippen LogP contribution in [-0.2, 0) is 19.9 Å². The van der Waals surface area contributed by atoms with Crippen LogP contribution in [0.1, 0.15) is 37.7 Å². The summed E-state index contributed by atoms with van der Waals surface area (Å²) < 4.78 is 7.25. The molecule has 2 aliphatic rings. The molecule has 22 heavy (non-hydrogen) atoms. The lowest BCUT2D eigenvalue weighted by Gasteiger charge is -2.26. The SMILES string of the molecule is O=C(O)C(CC12CCC(c3ccc(Br)cc3)(CC1)O2)C(=O)O. The van der Waals surface area contributed by atoms with Gasteiger partial charge in [0, 0.05) is 10.9 Å². The highest BCUT2D eigenvalue weighted by molar-refractivity contribution is 9.10. The van der Waals surface area contributed by atoms with Crippen LogP contribution >= 0.6 is 15.9 Å². The molecule has 2 aliphatic heterocycles. The normalized spacial score (nSPS) is 29.9. The van der Waals surface area contributed by atoms with E-state index in [1.54, 1.807) is 0 Å². The van der Waals surface area contributed by atoms with Crippen LogP contribution in [0.4, 0.5) is 0 Å². The Morgan fingerprint density at radius 1 is 1.09 bits per heavy atom. The molecule has 2 saturated heterocycles. The average Bonchev–Trinajstić information content (AvgIpc) is 3.02. The maximum absolute atomic E-state index is 11.1. The molecule has 0 atom stereocenters. The van der Waals surface area contributed by atoms with E-state index in [1.165, 1.54) is 0 Å². The molecular formula is C16H17BrO5. The lowest BCUT2D eigenvalue weighted by atomic mass is 9.76. The Labute approximate surface area is 136 Å². The summed E-state index contributed by atoms with van der Waals surface area (Å²) in [6.07, 6.45) is 3.07. The van der Waals surface area contributed by atoms with Crippen molar-refractivity contribution in [3.8, 4) is 0 Å². The monoisotopic (exact) mass is 368 g/mol. The number of carboxylic acid groups (broad SMARTS) is 2. The minimum Gasteiger partial charge on any atom is -0.481 e. The fraction of sp³-hybridized carbons (Fsp3) is 0.500. The Hall–Kier alpha value is -1.40. The first-order chi connectivity index (χ1) is 10.4. The van der Waals surface area contributed by atoms with Gasteiger partial charge in [-0.05, 0) is 43.4 Å². The van der Waals surface area contributed by atoms with E-state index in [0.717, 1.165) is 22.9 Å². The smallest absolute Gasteiger partial charge is 0.317 e. The Balaban J connectivity index is 1.81. The number of carboxylic acids is 2. The van der Waals surface area contributed by atoms with E-state index in [2.05, 4.69) is 15.9 Å². The largest absolute Gasteiger partial charge is 0.481 e. The molecule has 0 aliphatic carbocycles. The number of hydrogen-bond acceptors (Lipinski definition) is 3. The number of hydrogen-bond donors (Lipinski definition) is 2. The van der Waals surface area contributed by atoms with Crippen LogP contribution in [0.5, 0.6) is 0 Å². The zero-order valence-electron chi connectivity index (χ0n) is 11.9. The summed E-state index contributed by atoms with van der Waals surface area (Å²) in [5.41, 5.74) is 0.0776. The molecule has 2 N–H and O–H groups in total. The van der Waals surface area contributed by atoms with Crippen molar-refractivity contribution in [2.45, 2.75) is 43.3 Å². The molecule has 2 heterocycles. The van der Waals surface area contributed by atoms with Crippen LogP contribution in [0.15, 0.2) is 28.7 Å². The number of halogens is 1. The van der Waals surface area contributed by atoms with E-state index in [4.69, 9.17) is 14.9 Å². The van der Waals surface area contributed by atoms with Crippen LogP contribution in [-0.4, -0.2) is 27.8 Å². The lowest BCUT2D eigenvalue weighted by molar-refractivity contribution is -0.159. The molecule has 118 valence electrons. The third-order valence-corrected chi connectivity index (χ3v) is 5.45. The fourth-order valence-electron chi connectivity index (χ4n) is 3.73. The number of ether oxygens (including phenoxy) is 1. The van der Waals surface area contributed by atoms with Gasteiger partial charge in [0.1, 0.15) is 0 Å². The Morgan fingerprint density at radius 3 is 2.14 bits per heavy atom. The van der Waals surface area contributed by atoms with Crippen LogP contribution in [0.2, 0.25) is 0 Å². The second-order valence-electron chi connectivity index (χ2n) is 6.22. The van der Waals surface area contributed by atoms with Crippen molar-refractivity contribution in [1.82, 2.24) is 0 Å². The highest BCUT2D eigenvalue weighted by Crippen LogP contribution is 2.58. The minimum atomic E-state index is -1.40. The molecule has 6 heteroatoms. The molecule has 1 aromatic carbocycles. The van der Waals surface area contributed by atoms with Crippen molar-refractivity contribution in [2.75, 3.05) is 0 Å². The predicted molar refractivity (Wildman–Crippen MR) is 81.5 cm³/mol. The number of rotatable bonds is 5. The quantitative estimate of drug-likeness (QED) is 0.779. The van der Waals surface area contributed by atoms with Gasteiger partial charge >= 0.3 is 11.9 Å². The lowest BCUT2D eigenvalue weighted by Crippen LogP contribution is -2.35. The van der Waals surface area contributed by atoms with Gasteiger partial charge in [0.2, 0.25) is 0 Å². The third kappa shape index (κ3) is 2.54. The summed E-state index contributed by atoms with van der Waals surface area (Å²) in [6.45, 7) is 0. The zero-order chi connectivity index (χ0) is 16.0. The molecule has 0 saturated carbocycles. The first-order valence-electron chi connectivity index (χ1n) is 7.28. The summed E-state index contributed by atoms with van der Waals surface area (Å²) >= 11 is 3.41. The average molecular weight is 369 g/mol. The van der Waals surface area contributed by atoms with Gasteiger partial charge in [0.05, 0.1) is 11.2 Å². The summed E-state index contributed by atoms with van der Waals surface area (Å²) in [4.78, 5) is 22.3. The van der Waals surface area contributed by atoms with Crippen LogP contribution in [0.25, 0.3) is 0 Å². The zero-order valence-corrected chi connectivity index (χ0v) is 13.5. The molecule has 3 rings (SSSR count). The van der Waals surface area contributed by atoms with E-state index in [9.17, 15) is 9.59 Å². The van der Waals surface area contributed by atoms with Gasteiger partial charge in [-0.15, -0.1) is 0 Å². The van der Waals surface area contributed by atoms with Crippen molar-refractivity contribution in [1.29, 1.82) is 0 Å². The van der Waals surface area contributed by atoms with Gasteiger partial charge < -0.3 is 14.9 Å². The van der Waals surface area contributed by atoms with E-state index in [1.807, 2.05) is 24.3 Å². The number of benzene rings is 1. The highest BCUT2D eigenvalue weighted by atomic mass is 79.9. The maximum atomic E-state index is 11.1. The summed E-state index contributed by atoms with van der Waals surface area (Å²) in [7, 11) is 0. The molecule has 0 spiro atoms. The Morgan fingerprint density at radius 2 is 1.64 bits per heavy atom. The van der Waals surface area contributed by atoms with Gasteiger partial charge in [-0.1, -0.05) is 28.1 Å². The third-order valence-electron chi connectivity index (χ3n) is 4.92. The Bertz CT molecular complexity index is 587. The van der Waals surface area contributed by atoms with Crippen LogP contribution in [0, 0.1) is 5.92 Å². The second kappa shape index (κ2) is 5.35. The summed E-state index contributed by atoms with van der Waals surface area (Å²) in [5, 5.41) is 18.2. The summed E-state index contributed by atoms with van der Waals surface area (Å²) in [5.74, 6) is -3.99. The molecule has 5 nitrogen and oxygen atoms in total. The topological polar surface area (TPSA) is 83.8 Å². The standard InChI is InChI=1S/C16H17BrO5/c17-11-3-1-10(2-4-11)16-7-5-15(22-16,6-8-16)9-12(13(18)19)14(20)21/h1-4,12H,5-9H2,(H,18,19)(H,20,21). The molecular weight excluding hydrogens is 352 g/mol. The minimum absolute atomic E-state index is 0.0376. The summed E-state index contributed by atoms with van der Waals surface area (Å²) in [6, 6.07) is 7.95. The first kappa shape index (κ1) is 15.5. The van der Waals surface area contributed by atoms with Gasteiger partial charge in [-0.2, -0.15) is 0 Å². The van der Waals surface area contributed by atoms with Crippen molar-refractivity contribution in [2.24, 2.45) is 5.92 Å². The van der Waals surface area contributed by atoms with E-state index in [-0.39, 0.29) is 12.0 Å². The molecule has 2 bridgehead atoms. The van der Waals surface area contributed by atoms with Gasteiger partial charge in [0.25, 0.3) is 0 Å². The number of aliphatic carboxylic acids is 2. The first-order valence-corrected chi connectivity index (χ1v) is 8.07. The van der Waals surface area contributed by atoms with E-state index < -0.39 is 23.5 Å². The highest BCUT2D eigenvalue weighted by Gasteiger charge is 2.57. The predicted octanol–water partition coefficient (Wildman–Crippen LogP) is 3.16. The molecule has 2 fully saturated rings. The number of fused-ring (bicyclic) bond motifs is 2. The van der Waals surface area contributed by atoms with Crippen molar-refractivity contribution in [3.63, 3.8) is 0 Å². The van der Waals surface area contributed by atoms with Crippen molar-refractivity contribution < 1.29 is 24.5 Å². The van der Waals surface area contributed by atoms with Crippen LogP contribution < -0.4 is 0 Å². The van der Waals surface area contributed by atoms with Gasteiger partial charge in [0.15, 0.2) is 5.92 Å². The molecule has 0 unspecified atom stereocenters. The molecule has 1 aromatic rings. The van der Waals surface area contributed by atoms with E-state index >= 15 is 0 Å². The fourth-order valence-corrected chi connectivity index (χ4v) is 3.99. The van der Waals surface area contributed by atoms with Crippen molar-refractivity contribution >= 4 is 27.9 Å². The number of carbonyl (C=O) groups is 2. The second-order valence-corrected chi connectivity index (χ2v) is 7.14. The van der Waals surface area contributed by atoms with E-state index in [0.29, 0.717) is 12.8 Å². The van der Waals surface area contributed by atoms with Crippen molar-refractivity contribution in [3.05, 3.63) is 34.3 Å². The molecule has 0 radical (unpaired) electrons. The van der Waals surface area contributed by atoms with Gasteiger partial charge in [-0.3, -0.25) is 9.59 Å². The maximum Gasteiger partial charge on any atom is 0.317 e. The molecule has 0 aromatic heterocycles. The van der Waals surface area contributed by atoms with Crippen LogP contribution in [0.3, 0.4) is 0 Å².